The van der Waals surface area contributed by atoms with Crippen LogP contribution < -0.4 is 9.80 Å². The molecule has 2 fully saturated rings. The van der Waals surface area contributed by atoms with E-state index in [4.69, 9.17) is 0 Å². The van der Waals surface area contributed by atoms with E-state index in [2.05, 4.69) is 86.0 Å². The first-order valence-corrected chi connectivity index (χ1v) is 11.6. The first kappa shape index (κ1) is 21.0. The van der Waals surface area contributed by atoms with Gasteiger partial charge in [0.15, 0.2) is 0 Å². The molecule has 1 spiro atoms. The van der Waals surface area contributed by atoms with Gasteiger partial charge >= 0.3 is 0 Å². The minimum Gasteiger partial charge on any atom is -0.353 e. The summed E-state index contributed by atoms with van der Waals surface area (Å²) in [5, 5.41) is 0. The molecule has 2 aromatic rings. The summed E-state index contributed by atoms with van der Waals surface area (Å²) in [4.78, 5) is 18.0. The molecule has 0 radical (unpaired) electrons. The fourth-order valence-corrected chi connectivity index (χ4v) is 5.06. The van der Waals surface area contributed by atoms with Crippen LogP contribution in [0.3, 0.4) is 0 Å². The van der Waals surface area contributed by atoms with Gasteiger partial charge in [-0.25, -0.2) is 0 Å². The lowest BCUT2D eigenvalue weighted by Crippen LogP contribution is -2.60. The molecule has 1 aliphatic heterocycles. The molecule has 4 rings (SSSR count). The van der Waals surface area contributed by atoms with Crippen molar-refractivity contribution < 1.29 is 4.79 Å². The van der Waals surface area contributed by atoms with Crippen LogP contribution in [0.25, 0.3) is 0 Å². The van der Waals surface area contributed by atoms with E-state index in [9.17, 15) is 4.79 Å². The monoisotopic (exact) mass is 404 g/mol. The van der Waals surface area contributed by atoms with Crippen molar-refractivity contribution >= 4 is 17.2 Å². The molecule has 2 aromatic carbocycles. The number of ketones is 1. The Morgan fingerprint density at radius 2 is 1.20 bits per heavy atom. The Hall–Kier alpha value is -2.29. The van der Waals surface area contributed by atoms with Crippen molar-refractivity contribution in [2.75, 3.05) is 29.6 Å². The topological polar surface area (TPSA) is 23.6 Å². The van der Waals surface area contributed by atoms with E-state index in [1.807, 2.05) is 0 Å². The summed E-state index contributed by atoms with van der Waals surface area (Å²) in [6.07, 6.45) is 3.95. The molecule has 1 heterocycles. The fraction of sp³-hybridized carbons (Fsp3) is 0.519. The fourth-order valence-electron chi connectivity index (χ4n) is 5.06. The van der Waals surface area contributed by atoms with Crippen molar-refractivity contribution in [3.8, 4) is 0 Å². The zero-order valence-corrected chi connectivity index (χ0v) is 19.0. The lowest BCUT2D eigenvalue weighted by atomic mass is 9.71. The van der Waals surface area contributed by atoms with Gasteiger partial charge in [-0.3, -0.25) is 4.79 Å². The highest BCUT2D eigenvalue weighted by Crippen LogP contribution is 2.40. The molecule has 0 bridgehead atoms. The summed E-state index contributed by atoms with van der Waals surface area (Å²) in [6, 6.07) is 17.9. The van der Waals surface area contributed by atoms with Crippen LogP contribution in [-0.2, 0) is 4.79 Å². The van der Waals surface area contributed by atoms with E-state index in [0.29, 0.717) is 17.6 Å². The third-order valence-electron chi connectivity index (χ3n) is 7.08. The number of hydrogen-bond acceptors (Lipinski definition) is 3. The van der Waals surface area contributed by atoms with Crippen molar-refractivity contribution in [3.05, 3.63) is 59.7 Å². The zero-order valence-electron chi connectivity index (χ0n) is 19.0. The van der Waals surface area contributed by atoms with Crippen LogP contribution in [0.4, 0.5) is 11.4 Å². The molecular weight excluding hydrogens is 368 g/mol. The standard InChI is InChI=1S/C27H36N2O/c1-20(2)22-8-12-24(13-9-22)28-17-27(16-6-5-7-26(27)30)18-29(19-28)25-14-10-23(11-15-25)21(3)4/h8-15,20-21H,5-7,16-19H2,1-4H3. The molecule has 0 amide bonds. The zero-order chi connectivity index (χ0) is 21.3. The maximum absolute atomic E-state index is 13.2. The highest BCUT2D eigenvalue weighted by atomic mass is 16.1. The van der Waals surface area contributed by atoms with Gasteiger partial charge in [-0.2, -0.15) is 0 Å². The predicted molar refractivity (Wildman–Crippen MR) is 127 cm³/mol. The van der Waals surface area contributed by atoms with E-state index < -0.39 is 0 Å². The van der Waals surface area contributed by atoms with Gasteiger partial charge in [-0.15, -0.1) is 0 Å². The highest BCUT2D eigenvalue weighted by molar-refractivity contribution is 5.87. The second-order valence-electron chi connectivity index (χ2n) is 9.94. The Labute approximate surface area is 182 Å². The summed E-state index contributed by atoms with van der Waals surface area (Å²) in [5.41, 5.74) is 4.92. The van der Waals surface area contributed by atoms with Crippen LogP contribution in [0.15, 0.2) is 48.5 Å². The van der Waals surface area contributed by atoms with Gasteiger partial charge in [0.25, 0.3) is 0 Å². The number of benzene rings is 2. The quantitative estimate of drug-likeness (QED) is 0.593. The molecule has 3 heteroatoms. The number of carbonyl (C=O) groups is 1. The molecule has 1 saturated heterocycles. The van der Waals surface area contributed by atoms with E-state index >= 15 is 0 Å². The highest BCUT2D eigenvalue weighted by Gasteiger charge is 2.45. The van der Waals surface area contributed by atoms with Crippen molar-refractivity contribution in [1.82, 2.24) is 0 Å². The van der Waals surface area contributed by atoms with Crippen LogP contribution in [0.5, 0.6) is 0 Å². The predicted octanol–water partition coefficient (Wildman–Crippen LogP) is 6.35. The number of carbonyl (C=O) groups excluding carboxylic acids is 1. The summed E-state index contributed by atoms with van der Waals surface area (Å²) in [5.74, 6) is 1.52. The Bertz CT molecular complexity index is 807. The number of Topliss-reactive ketones (excluding diaryl/α,β-unsaturated/α-hetero) is 1. The summed E-state index contributed by atoms with van der Waals surface area (Å²) in [7, 11) is 0. The van der Waals surface area contributed by atoms with Gasteiger partial charge in [-0.05, 0) is 60.1 Å². The molecule has 0 aromatic heterocycles. The number of nitrogens with zero attached hydrogens (tertiary/aromatic N) is 2. The molecule has 0 N–H and O–H groups in total. The Morgan fingerprint density at radius 1 is 0.733 bits per heavy atom. The average Bonchev–Trinajstić information content (AvgIpc) is 2.76. The van der Waals surface area contributed by atoms with Crippen LogP contribution in [0.1, 0.15) is 76.3 Å². The molecule has 0 unspecified atom stereocenters. The van der Waals surface area contributed by atoms with Gasteiger partial charge in [0.05, 0.1) is 12.1 Å². The van der Waals surface area contributed by atoms with E-state index in [1.165, 1.54) is 22.5 Å². The molecule has 2 aliphatic rings. The smallest absolute Gasteiger partial charge is 0.142 e. The van der Waals surface area contributed by atoms with Gasteiger partial charge in [0.2, 0.25) is 0 Å². The molecule has 0 atom stereocenters. The van der Waals surface area contributed by atoms with Crippen LogP contribution in [0.2, 0.25) is 0 Å². The van der Waals surface area contributed by atoms with Crippen molar-refractivity contribution in [1.29, 1.82) is 0 Å². The van der Waals surface area contributed by atoms with Crippen LogP contribution in [-0.4, -0.2) is 25.5 Å². The van der Waals surface area contributed by atoms with Crippen LogP contribution >= 0.6 is 0 Å². The Kier molecular flexibility index (Phi) is 5.90. The molecule has 1 saturated carbocycles. The maximum atomic E-state index is 13.2. The summed E-state index contributed by atoms with van der Waals surface area (Å²) < 4.78 is 0. The van der Waals surface area contributed by atoms with E-state index in [-0.39, 0.29) is 5.41 Å². The molecular formula is C27H36N2O. The molecule has 30 heavy (non-hydrogen) atoms. The second kappa shape index (κ2) is 8.45. The molecule has 160 valence electrons. The molecule has 3 nitrogen and oxygen atoms in total. The largest absolute Gasteiger partial charge is 0.353 e. The third-order valence-corrected chi connectivity index (χ3v) is 7.08. The second-order valence-corrected chi connectivity index (χ2v) is 9.94. The number of anilines is 2. The normalized spacial score (nSPS) is 19.2. The number of hydrogen-bond donors (Lipinski definition) is 0. The summed E-state index contributed by atoms with van der Waals surface area (Å²) >= 11 is 0. The lowest BCUT2D eigenvalue weighted by Gasteiger charge is -2.50. The lowest BCUT2D eigenvalue weighted by molar-refractivity contribution is -0.130. The minimum atomic E-state index is -0.246. The van der Waals surface area contributed by atoms with Gasteiger partial charge in [-0.1, -0.05) is 58.4 Å². The Morgan fingerprint density at radius 3 is 1.60 bits per heavy atom. The first-order chi connectivity index (χ1) is 14.4. The minimum absolute atomic E-state index is 0.246. The van der Waals surface area contributed by atoms with Crippen molar-refractivity contribution in [2.45, 2.75) is 65.2 Å². The van der Waals surface area contributed by atoms with Gasteiger partial charge in [0.1, 0.15) is 5.78 Å². The van der Waals surface area contributed by atoms with Crippen molar-refractivity contribution in [2.24, 2.45) is 5.41 Å². The first-order valence-electron chi connectivity index (χ1n) is 11.6. The number of rotatable bonds is 4. The maximum Gasteiger partial charge on any atom is 0.142 e. The SMILES string of the molecule is CC(C)c1ccc(N2CN(c3ccc(C(C)C)cc3)CC3(CCCCC3=O)C2)cc1. The molecule has 1 aliphatic carbocycles. The van der Waals surface area contributed by atoms with E-state index in [1.54, 1.807) is 0 Å². The van der Waals surface area contributed by atoms with Crippen molar-refractivity contribution in [3.63, 3.8) is 0 Å². The Balaban J connectivity index is 1.65. The third kappa shape index (κ3) is 4.12. The van der Waals surface area contributed by atoms with E-state index in [0.717, 1.165) is 45.4 Å². The van der Waals surface area contributed by atoms with Crippen LogP contribution in [0, 0.1) is 5.41 Å². The van der Waals surface area contributed by atoms with Gasteiger partial charge < -0.3 is 9.80 Å². The average molecular weight is 405 g/mol. The summed E-state index contributed by atoms with van der Waals surface area (Å²) in [6.45, 7) is 11.4. The van der Waals surface area contributed by atoms with Gasteiger partial charge in [0, 0.05) is 30.9 Å².